The van der Waals surface area contributed by atoms with E-state index in [0.717, 1.165) is 22.0 Å². The summed E-state index contributed by atoms with van der Waals surface area (Å²) in [5, 5.41) is 14.5. The Morgan fingerprint density at radius 3 is 2.82 bits per heavy atom. The van der Waals surface area contributed by atoms with Crippen molar-refractivity contribution in [2.75, 3.05) is 5.32 Å². The van der Waals surface area contributed by atoms with Crippen LogP contribution in [0.15, 0.2) is 47.2 Å². The Morgan fingerprint density at radius 1 is 1.25 bits per heavy atom. The Labute approximate surface area is 174 Å². The molecule has 4 rings (SSSR count). The van der Waals surface area contributed by atoms with E-state index in [2.05, 4.69) is 20.5 Å². The smallest absolute Gasteiger partial charge is 0.227 e. The first-order chi connectivity index (χ1) is 13.6. The maximum absolute atomic E-state index is 12.4. The molecular formula is C19H17N5OS3. The number of thiophene rings is 1. The standard InChI is InChI=1S/C19H17N5OS3/c1-12-4-6-13(7-5-12)14-11-28-18(20-14)21-16(25)8-9-24-17(22-23-19(24)26)15-3-2-10-27-15/h2-7,10-11H,8-9H2,1H3,(H,23,26)(H,20,21,25). The Morgan fingerprint density at radius 2 is 2.07 bits per heavy atom. The van der Waals surface area contributed by atoms with Crippen molar-refractivity contribution < 1.29 is 4.79 Å². The molecule has 0 bridgehead atoms. The SMILES string of the molecule is Cc1ccc(-c2csc(NC(=O)CCn3c(-c4cccs4)n[nH]c3=S)n2)cc1. The molecule has 2 N–H and O–H groups in total. The fourth-order valence-electron chi connectivity index (χ4n) is 2.70. The van der Waals surface area contributed by atoms with Gasteiger partial charge >= 0.3 is 0 Å². The lowest BCUT2D eigenvalue weighted by Gasteiger charge is -2.05. The van der Waals surface area contributed by atoms with E-state index in [9.17, 15) is 4.79 Å². The Hall–Kier alpha value is -2.62. The van der Waals surface area contributed by atoms with Gasteiger partial charge in [0, 0.05) is 23.9 Å². The topological polar surface area (TPSA) is 75.6 Å². The van der Waals surface area contributed by atoms with Gasteiger partial charge in [0.1, 0.15) is 0 Å². The first kappa shape index (κ1) is 18.7. The summed E-state index contributed by atoms with van der Waals surface area (Å²) in [6.45, 7) is 2.50. The zero-order valence-corrected chi connectivity index (χ0v) is 17.5. The van der Waals surface area contributed by atoms with Crippen LogP contribution in [-0.4, -0.2) is 25.7 Å². The number of hydrogen-bond donors (Lipinski definition) is 2. The Kier molecular flexibility index (Phi) is 5.47. The Bertz CT molecular complexity index is 1140. The van der Waals surface area contributed by atoms with Gasteiger partial charge in [0.15, 0.2) is 15.7 Å². The van der Waals surface area contributed by atoms with Gasteiger partial charge in [0.25, 0.3) is 0 Å². The molecule has 1 aromatic carbocycles. The molecule has 28 heavy (non-hydrogen) atoms. The fourth-order valence-corrected chi connectivity index (χ4v) is 4.38. The normalized spacial score (nSPS) is 10.9. The van der Waals surface area contributed by atoms with Crippen molar-refractivity contribution in [2.45, 2.75) is 19.9 Å². The third kappa shape index (κ3) is 4.11. The highest BCUT2D eigenvalue weighted by Gasteiger charge is 2.13. The number of H-pyrrole nitrogens is 1. The molecule has 3 aromatic heterocycles. The second-order valence-electron chi connectivity index (χ2n) is 6.18. The van der Waals surface area contributed by atoms with E-state index in [1.54, 1.807) is 11.3 Å². The second kappa shape index (κ2) is 8.17. The number of rotatable bonds is 6. The second-order valence-corrected chi connectivity index (χ2v) is 8.38. The number of anilines is 1. The maximum atomic E-state index is 12.4. The summed E-state index contributed by atoms with van der Waals surface area (Å²) in [6.07, 6.45) is 0.283. The van der Waals surface area contributed by atoms with Crippen molar-refractivity contribution >= 4 is 45.9 Å². The molecule has 0 saturated carbocycles. The molecule has 0 fully saturated rings. The number of carbonyl (C=O) groups excluding carboxylic acids is 1. The van der Waals surface area contributed by atoms with Crippen molar-refractivity contribution in [1.82, 2.24) is 19.7 Å². The Balaban J connectivity index is 1.40. The molecule has 0 atom stereocenters. The quantitative estimate of drug-likeness (QED) is 0.418. The van der Waals surface area contributed by atoms with Gasteiger partial charge in [-0.2, -0.15) is 5.10 Å². The molecule has 6 nitrogen and oxygen atoms in total. The average Bonchev–Trinajstić information content (AvgIpc) is 3.42. The predicted molar refractivity (Wildman–Crippen MR) is 116 cm³/mol. The maximum Gasteiger partial charge on any atom is 0.227 e. The van der Waals surface area contributed by atoms with Crippen molar-refractivity contribution in [3.63, 3.8) is 0 Å². The minimum atomic E-state index is -0.106. The van der Waals surface area contributed by atoms with Gasteiger partial charge in [-0.1, -0.05) is 35.9 Å². The van der Waals surface area contributed by atoms with Crippen LogP contribution in [0, 0.1) is 11.7 Å². The number of aromatic amines is 1. The highest BCUT2D eigenvalue weighted by Crippen LogP contribution is 2.26. The van der Waals surface area contributed by atoms with Crippen molar-refractivity contribution in [1.29, 1.82) is 0 Å². The van der Waals surface area contributed by atoms with E-state index < -0.39 is 0 Å². The van der Waals surface area contributed by atoms with Crippen molar-refractivity contribution in [3.8, 4) is 22.0 Å². The minimum Gasteiger partial charge on any atom is -0.302 e. The summed E-state index contributed by atoms with van der Waals surface area (Å²) in [5.74, 6) is 0.647. The summed E-state index contributed by atoms with van der Waals surface area (Å²) in [5.41, 5.74) is 3.09. The molecule has 1 amide bonds. The molecule has 4 aromatic rings. The van der Waals surface area contributed by atoms with Crippen LogP contribution in [0.5, 0.6) is 0 Å². The third-order valence-electron chi connectivity index (χ3n) is 4.16. The number of nitrogens with one attached hydrogen (secondary N) is 2. The summed E-state index contributed by atoms with van der Waals surface area (Å²) >= 11 is 8.30. The summed E-state index contributed by atoms with van der Waals surface area (Å²) < 4.78 is 2.35. The lowest BCUT2D eigenvalue weighted by atomic mass is 10.1. The van der Waals surface area contributed by atoms with E-state index in [-0.39, 0.29) is 12.3 Å². The van der Waals surface area contributed by atoms with Crippen LogP contribution in [0.3, 0.4) is 0 Å². The largest absolute Gasteiger partial charge is 0.302 e. The summed E-state index contributed by atoms with van der Waals surface area (Å²) in [4.78, 5) is 17.9. The lowest BCUT2D eigenvalue weighted by molar-refractivity contribution is -0.116. The molecule has 142 valence electrons. The lowest BCUT2D eigenvalue weighted by Crippen LogP contribution is -2.14. The number of hydrogen-bond acceptors (Lipinski definition) is 6. The molecule has 0 unspecified atom stereocenters. The first-order valence-electron chi connectivity index (χ1n) is 8.61. The number of nitrogens with zero attached hydrogens (tertiary/aromatic N) is 3. The number of aromatic nitrogens is 4. The molecule has 9 heteroatoms. The molecule has 0 aliphatic carbocycles. The molecule has 0 radical (unpaired) electrons. The first-order valence-corrected chi connectivity index (χ1v) is 10.8. The monoisotopic (exact) mass is 427 g/mol. The average molecular weight is 428 g/mol. The van der Waals surface area contributed by atoms with E-state index in [1.165, 1.54) is 16.9 Å². The molecule has 0 aliphatic rings. The molecule has 3 heterocycles. The van der Waals surface area contributed by atoms with Crippen LogP contribution >= 0.6 is 34.9 Å². The number of aryl methyl sites for hydroxylation is 1. The van der Waals surface area contributed by atoms with E-state index in [0.29, 0.717) is 16.4 Å². The van der Waals surface area contributed by atoms with Gasteiger partial charge < -0.3 is 5.32 Å². The van der Waals surface area contributed by atoms with Crippen LogP contribution in [-0.2, 0) is 11.3 Å². The van der Waals surface area contributed by atoms with E-state index >= 15 is 0 Å². The molecular weight excluding hydrogens is 410 g/mol. The van der Waals surface area contributed by atoms with Crippen LogP contribution < -0.4 is 5.32 Å². The summed E-state index contributed by atoms with van der Waals surface area (Å²) in [7, 11) is 0. The zero-order valence-electron chi connectivity index (χ0n) is 15.0. The van der Waals surface area contributed by atoms with Crippen LogP contribution in [0.25, 0.3) is 22.0 Å². The van der Waals surface area contributed by atoms with Gasteiger partial charge in [-0.05, 0) is 30.6 Å². The highest BCUT2D eigenvalue weighted by atomic mass is 32.1. The number of amides is 1. The summed E-state index contributed by atoms with van der Waals surface area (Å²) in [6, 6.07) is 12.1. The number of thiazole rings is 1. The minimum absolute atomic E-state index is 0.106. The van der Waals surface area contributed by atoms with Gasteiger partial charge in [0.2, 0.25) is 5.91 Å². The van der Waals surface area contributed by atoms with Gasteiger partial charge in [-0.15, -0.1) is 22.7 Å². The number of benzene rings is 1. The third-order valence-corrected chi connectivity index (χ3v) is 6.10. The molecule has 0 saturated heterocycles. The van der Waals surface area contributed by atoms with Crippen LogP contribution in [0.1, 0.15) is 12.0 Å². The van der Waals surface area contributed by atoms with E-state index in [1.807, 2.05) is 58.6 Å². The van der Waals surface area contributed by atoms with Gasteiger partial charge in [-0.3, -0.25) is 14.5 Å². The fraction of sp³-hybridized carbons (Fsp3) is 0.158. The van der Waals surface area contributed by atoms with Crippen molar-refractivity contribution in [3.05, 3.63) is 57.5 Å². The van der Waals surface area contributed by atoms with Gasteiger partial charge in [0.05, 0.1) is 10.6 Å². The van der Waals surface area contributed by atoms with E-state index in [4.69, 9.17) is 12.2 Å². The number of carbonyl (C=O) groups is 1. The van der Waals surface area contributed by atoms with Gasteiger partial charge in [-0.25, -0.2) is 4.98 Å². The zero-order chi connectivity index (χ0) is 19.5. The molecule has 0 spiro atoms. The van der Waals surface area contributed by atoms with Crippen LogP contribution in [0.4, 0.5) is 5.13 Å². The highest BCUT2D eigenvalue weighted by molar-refractivity contribution is 7.71. The van der Waals surface area contributed by atoms with Crippen molar-refractivity contribution in [2.24, 2.45) is 0 Å². The van der Waals surface area contributed by atoms with Crippen LogP contribution in [0.2, 0.25) is 0 Å². The predicted octanol–water partition coefficient (Wildman–Crippen LogP) is 5.13. The molecule has 0 aliphatic heterocycles.